The van der Waals surface area contributed by atoms with Gasteiger partial charge in [-0.3, -0.25) is 0 Å². The average Bonchev–Trinajstić information content (AvgIpc) is 2.17. The number of methoxy groups -OCH3 is 1. The zero-order valence-corrected chi connectivity index (χ0v) is 8.85. The molecule has 1 aromatic rings. The number of aliphatic hydroxyl groups excluding tert-OH is 1. The number of hydrogen-bond acceptors (Lipinski definition) is 3. The third kappa shape index (κ3) is 2.70. The molecule has 1 aliphatic rings. The summed E-state index contributed by atoms with van der Waals surface area (Å²) in [5.41, 5.74) is 1.11. The lowest BCUT2D eigenvalue weighted by Crippen LogP contribution is -2.37. The molecule has 0 spiro atoms. The van der Waals surface area contributed by atoms with E-state index >= 15 is 0 Å². The van der Waals surface area contributed by atoms with E-state index in [-0.39, 0.29) is 12.2 Å². The molecular weight excluding hydrogens is 192 g/mol. The van der Waals surface area contributed by atoms with Crippen molar-refractivity contribution in [1.82, 2.24) is 0 Å². The van der Waals surface area contributed by atoms with Crippen LogP contribution in [-0.4, -0.2) is 24.4 Å². The quantitative estimate of drug-likeness (QED) is 0.819. The van der Waals surface area contributed by atoms with Crippen molar-refractivity contribution in [2.45, 2.75) is 31.7 Å². The lowest BCUT2D eigenvalue weighted by atomic mass is 9.92. The highest BCUT2D eigenvalue weighted by atomic mass is 16.5. The molecule has 1 aliphatic carbocycles. The summed E-state index contributed by atoms with van der Waals surface area (Å²) < 4.78 is 10.7. The fourth-order valence-corrected chi connectivity index (χ4v) is 1.70. The maximum Gasteiger partial charge on any atom is 0.120 e. The van der Waals surface area contributed by atoms with E-state index in [1.165, 1.54) is 0 Å². The van der Waals surface area contributed by atoms with E-state index in [1.54, 1.807) is 7.11 Å². The van der Waals surface area contributed by atoms with Crippen LogP contribution in [0.4, 0.5) is 0 Å². The second kappa shape index (κ2) is 4.64. The molecule has 0 saturated heterocycles. The molecule has 0 aliphatic heterocycles. The van der Waals surface area contributed by atoms with Gasteiger partial charge in [-0.2, -0.15) is 0 Å². The van der Waals surface area contributed by atoms with Crippen molar-refractivity contribution >= 4 is 0 Å². The van der Waals surface area contributed by atoms with Gasteiger partial charge in [0.05, 0.1) is 12.7 Å². The molecule has 0 bridgehead atoms. The van der Waals surface area contributed by atoms with Gasteiger partial charge in [0.15, 0.2) is 0 Å². The van der Waals surface area contributed by atoms with Crippen molar-refractivity contribution < 1.29 is 14.6 Å². The minimum absolute atomic E-state index is 0.169. The molecule has 2 rings (SSSR count). The number of aliphatic hydroxyl groups is 1. The Morgan fingerprint density at radius 3 is 2.87 bits per heavy atom. The molecule has 0 heterocycles. The number of hydrogen-bond donors (Lipinski definition) is 1. The van der Waals surface area contributed by atoms with Gasteiger partial charge in [-0.15, -0.1) is 0 Å². The summed E-state index contributed by atoms with van der Waals surface area (Å²) in [6.07, 6.45) is 1.50. The smallest absolute Gasteiger partial charge is 0.120 e. The molecular formula is C12H16O3. The number of rotatable bonds is 4. The van der Waals surface area contributed by atoms with Crippen LogP contribution in [0, 0.1) is 0 Å². The zero-order valence-electron chi connectivity index (χ0n) is 8.85. The Balaban J connectivity index is 1.93. The van der Waals surface area contributed by atoms with Gasteiger partial charge in [0.2, 0.25) is 0 Å². The molecule has 3 nitrogen and oxygen atoms in total. The van der Waals surface area contributed by atoms with Gasteiger partial charge in [0, 0.05) is 20.0 Å². The van der Waals surface area contributed by atoms with Gasteiger partial charge in [0.25, 0.3) is 0 Å². The van der Waals surface area contributed by atoms with Crippen LogP contribution in [0.25, 0.3) is 0 Å². The maximum absolute atomic E-state index is 9.14. The van der Waals surface area contributed by atoms with Crippen LogP contribution in [0.2, 0.25) is 0 Å². The van der Waals surface area contributed by atoms with E-state index in [1.807, 2.05) is 24.3 Å². The first-order chi connectivity index (χ1) is 7.28. The van der Waals surface area contributed by atoms with Crippen LogP contribution in [-0.2, 0) is 11.3 Å². The molecule has 0 atom stereocenters. The third-order valence-electron chi connectivity index (χ3n) is 2.58. The van der Waals surface area contributed by atoms with E-state index in [4.69, 9.17) is 14.6 Å². The Labute approximate surface area is 89.6 Å². The lowest BCUT2D eigenvalue weighted by Gasteiger charge is -2.31. The van der Waals surface area contributed by atoms with Gasteiger partial charge >= 0.3 is 0 Å². The van der Waals surface area contributed by atoms with E-state index in [9.17, 15) is 0 Å². The molecule has 0 radical (unpaired) electrons. The van der Waals surface area contributed by atoms with Crippen LogP contribution in [0.3, 0.4) is 0 Å². The van der Waals surface area contributed by atoms with Crippen molar-refractivity contribution in [3.63, 3.8) is 0 Å². The van der Waals surface area contributed by atoms with Gasteiger partial charge in [-0.25, -0.2) is 0 Å². The minimum atomic E-state index is -0.169. The van der Waals surface area contributed by atoms with E-state index in [0.29, 0.717) is 6.61 Å². The molecule has 82 valence electrons. The van der Waals surface area contributed by atoms with Crippen molar-refractivity contribution in [1.29, 1.82) is 0 Å². The molecule has 0 unspecified atom stereocenters. The summed E-state index contributed by atoms with van der Waals surface area (Å²) in [4.78, 5) is 0. The largest absolute Gasteiger partial charge is 0.490 e. The Bertz CT molecular complexity index is 318. The second-order valence-corrected chi connectivity index (χ2v) is 3.95. The van der Waals surface area contributed by atoms with Crippen molar-refractivity contribution in [3.8, 4) is 5.75 Å². The van der Waals surface area contributed by atoms with Crippen molar-refractivity contribution in [2.24, 2.45) is 0 Å². The molecule has 15 heavy (non-hydrogen) atoms. The van der Waals surface area contributed by atoms with Gasteiger partial charge in [-0.1, -0.05) is 12.1 Å². The van der Waals surface area contributed by atoms with E-state index in [2.05, 4.69) is 0 Å². The first-order valence-corrected chi connectivity index (χ1v) is 5.20. The molecule has 1 fully saturated rings. The van der Waals surface area contributed by atoms with Gasteiger partial charge in [0.1, 0.15) is 11.9 Å². The standard InChI is InChI=1S/C12H16O3/c1-14-8-9-3-2-4-11(5-9)15-12-6-10(13)7-12/h2-5,10,12-13H,6-8H2,1H3. The topological polar surface area (TPSA) is 38.7 Å². The molecule has 1 aromatic carbocycles. The third-order valence-corrected chi connectivity index (χ3v) is 2.58. The first kappa shape index (κ1) is 10.5. The highest BCUT2D eigenvalue weighted by Crippen LogP contribution is 2.26. The lowest BCUT2D eigenvalue weighted by molar-refractivity contribution is -0.0108. The Hall–Kier alpha value is -1.06. The molecule has 0 aromatic heterocycles. The van der Waals surface area contributed by atoms with Crippen LogP contribution < -0.4 is 4.74 Å². The molecule has 0 amide bonds. The summed E-state index contributed by atoms with van der Waals surface area (Å²) in [5, 5.41) is 9.14. The molecule has 1 N–H and O–H groups in total. The fraction of sp³-hybridized carbons (Fsp3) is 0.500. The fourth-order valence-electron chi connectivity index (χ4n) is 1.70. The summed E-state index contributed by atoms with van der Waals surface area (Å²) in [7, 11) is 1.68. The summed E-state index contributed by atoms with van der Waals surface area (Å²) >= 11 is 0. The number of ether oxygens (including phenoxy) is 2. The Morgan fingerprint density at radius 1 is 1.40 bits per heavy atom. The normalized spacial score (nSPS) is 24.7. The molecule has 3 heteroatoms. The zero-order chi connectivity index (χ0) is 10.7. The average molecular weight is 208 g/mol. The predicted molar refractivity (Wildman–Crippen MR) is 56.8 cm³/mol. The number of benzene rings is 1. The van der Waals surface area contributed by atoms with Gasteiger partial charge < -0.3 is 14.6 Å². The maximum atomic E-state index is 9.14. The Kier molecular flexibility index (Phi) is 3.23. The SMILES string of the molecule is COCc1cccc(OC2CC(O)C2)c1. The summed E-state index contributed by atoms with van der Waals surface area (Å²) in [6, 6.07) is 7.88. The molecule has 1 saturated carbocycles. The van der Waals surface area contributed by atoms with Gasteiger partial charge in [-0.05, 0) is 17.7 Å². The summed E-state index contributed by atoms with van der Waals surface area (Å²) in [6.45, 7) is 0.602. The highest BCUT2D eigenvalue weighted by Gasteiger charge is 2.28. The highest BCUT2D eigenvalue weighted by molar-refractivity contribution is 5.28. The van der Waals surface area contributed by atoms with E-state index in [0.717, 1.165) is 24.2 Å². The van der Waals surface area contributed by atoms with Crippen LogP contribution >= 0.6 is 0 Å². The van der Waals surface area contributed by atoms with Crippen molar-refractivity contribution in [2.75, 3.05) is 7.11 Å². The van der Waals surface area contributed by atoms with Crippen LogP contribution in [0.15, 0.2) is 24.3 Å². The minimum Gasteiger partial charge on any atom is -0.490 e. The first-order valence-electron chi connectivity index (χ1n) is 5.20. The Morgan fingerprint density at radius 2 is 2.20 bits per heavy atom. The predicted octanol–water partition coefficient (Wildman–Crippen LogP) is 1.74. The van der Waals surface area contributed by atoms with Crippen molar-refractivity contribution in [3.05, 3.63) is 29.8 Å². The monoisotopic (exact) mass is 208 g/mol. The van der Waals surface area contributed by atoms with E-state index < -0.39 is 0 Å². The van der Waals surface area contributed by atoms with Crippen LogP contribution in [0.5, 0.6) is 5.75 Å². The summed E-state index contributed by atoms with van der Waals surface area (Å²) in [5.74, 6) is 0.862. The van der Waals surface area contributed by atoms with Crippen LogP contribution in [0.1, 0.15) is 18.4 Å². The second-order valence-electron chi connectivity index (χ2n) is 3.95.